The molecule has 2 unspecified atom stereocenters. The first-order valence-electron chi connectivity index (χ1n) is 8.40. The molecule has 5 nitrogen and oxygen atoms in total. The molecule has 0 aromatic rings. The van der Waals surface area contributed by atoms with E-state index < -0.39 is 5.54 Å². The van der Waals surface area contributed by atoms with Crippen LogP contribution in [0, 0.1) is 0 Å². The van der Waals surface area contributed by atoms with Crippen molar-refractivity contribution in [2.24, 2.45) is 5.73 Å². The number of piperidine rings is 1. The Morgan fingerprint density at radius 3 is 2.81 bits per heavy atom. The van der Waals surface area contributed by atoms with E-state index in [1.807, 2.05) is 6.92 Å². The molecule has 0 aliphatic carbocycles. The van der Waals surface area contributed by atoms with Gasteiger partial charge in [0.2, 0.25) is 5.91 Å². The minimum atomic E-state index is -0.604. The number of likely N-dealkylation sites (tertiary alicyclic amines) is 1. The molecule has 0 aromatic heterocycles. The van der Waals surface area contributed by atoms with Crippen molar-refractivity contribution in [1.29, 1.82) is 0 Å². The molecule has 21 heavy (non-hydrogen) atoms. The monoisotopic (exact) mass is 299 g/mol. The number of nitrogens with zero attached hydrogens (tertiary/aromatic N) is 1. The lowest BCUT2D eigenvalue weighted by Crippen LogP contribution is -2.55. The molecular formula is C16H33N3O2. The summed E-state index contributed by atoms with van der Waals surface area (Å²) in [7, 11) is 0. The Morgan fingerprint density at radius 1 is 1.43 bits per heavy atom. The highest BCUT2D eigenvalue weighted by Gasteiger charge is 2.31. The summed E-state index contributed by atoms with van der Waals surface area (Å²) in [6.45, 7) is 10.8. The van der Waals surface area contributed by atoms with Crippen LogP contribution < -0.4 is 11.1 Å². The summed E-state index contributed by atoms with van der Waals surface area (Å²) in [6, 6.07) is 0. The van der Waals surface area contributed by atoms with E-state index in [9.17, 15) is 4.79 Å². The first kappa shape index (κ1) is 18.4. The highest BCUT2D eigenvalue weighted by molar-refractivity contribution is 5.84. The molecule has 1 heterocycles. The molecule has 1 amide bonds. The topological polar surface area (TPSA) is 67.6 Å². The van der Waals surface area contributed by atoms with Crippen molar-refractivity contribution in [2.75, 3.05) is 32.8 Å². The number of ether oxygens (including phenoxy) is 1. The quantitative estimate of drug-likeness (QED) is 0.642. The van der Waals surface area contributed by atoms with E-state index in [1.54, 1.807) is 0 Å². The third-order valence-electron chi connectivity index (χ3n) is 4.26. The maximum atomic E-state index is 11.7. The van der Waals surface area contributed by atoms with Gasteiger partial charge in [-0.2, -0.15) is 0 Å². The summed E-state index contributed by atoms with van der Waals surface area (Å²) in [4.78, 5) is 14.1. The van der Waals surface area contributed by atoms with Gasteiger partial charge in [-0.3, -0.25) is 4.79 Å². The first-order valence-corrected chi connectivity index (χ1v) is 8.40. The predicted octanol–water partition coefficient (Wildman–Crippen LogP) is 1.51. The maximum absolute atomic E-state index is 11.7. The van der Waals surface area contributed by atoms with Gasteiger partial charge in [0.05, 0.1) is 11.6 Å². The number of primary amides is 1. The predicted molar refractivity (Wildman–Crippen MR) is 86.2 cm³/mol. The fourth-order valence-electron chi connectivity index (χ4n) is 2.72. The molecule has 1 aliphatic rings. The van der Waals surface area contributed by atoms with Gasteiger partial charge in [-0.05, 0) is 52.1 Å². The Kier molecular flexibility index (Phi) is 8.22. The molecule has 5 heteroatoms. The Hall–Kier alpha value is -0.650. The van der Waals surface area contributed by atoms with Crippen molar-refractivity contribution >= 4 is 5.91 Å². The Labute approximate surface area is 129 Å². The molecule has 0 aromatic carbocycles. The number of rotatable bonds is 10. The number of nitrogens with one attached hydrogen (secondary N) is 1. The Morgan fingerprint density at radius 2 is 2.19 bits per heavy atom. The summed E-state index contributed by atoms with van der Waals surface area (Å²) < 4.78 is 5.86. The zero-order valence-corrected chi connectivity index (χ0v) is 14.0. The normalized spacial score (nSPS) is 22.9. The molecule has 1 fully saturated rings. The SMILES string of the molecule is CCCNC(C)(CCN1CCCC(OCCC)C1)C(N)=O. The van der Waals surface area contributed by atoms with Crippen molar-refractivity contribution in [3.05, 3.63) is 0 Å². The van der Waals surface area contributed by atoms with Crippen LogP contribution in [0.3, 0.4) is 0 Å². The van der Waals surface area contributed by atoms with Gasteiger partial charge >= 0.3 is 0 Å². The Balaban J connectivity index is 2.42. The van der Waals surface area contributed by atoms with E-state index in [2.05, 4.69) is 24.1 Å². The molecule has 0 radical (unpaired) electrons. The molecule has 124 valence electrons. The summed E-state index contributed by atoms with van der Waals surface area (Å²) >= 11 is 0. The van der Waals surface area contributed by atoms with E-state index in [-0.39, 0.29) is 5.91 Å². The lowest BCUT2D eigenvalue weighted by Gasteiger charge is -2.35. The van der Waals surface area contributed by atoms with E-state index in [1.165, 1.54) is 6.42 Å². The number of amides is 1. The van der Waals surface area contributed by atoms with Crippen LogP contribution in [-0.4, -0.2) is 55.2 Å². The third-order valence-corrected chi connectivity index (χ3v) is 4.26. The second kappa shape index (κ2) is 9.38. The molecule has 3 N–H and O–H groups in total. The molecule has 1 saturated heterocycles. The number of nitrogens with two attached hydrogens (primary N) is 1. The van der Waals surface area contributed by atoms with Gasteiger partial charge in [-0.15, -0.1) is 0 Å². The molecule has 1 aliphatic heterocycles. The minimum Gasteiger partial charge on any atom is -0.377 e. The maximum Gasteiger partial charge on any atom is 0.237 e. The molecular weight excluding hydrogens is 266 g/mol. The summed E-state index contributed by atoms with van der Waals surface area (Å²) in [6.07, 6.45) is 5.49. The number of carbonyl (C=O) groups excluding carboxylic acids is 1. The molecule has 0 saturated carbocycles. The number of carbonyl (C=O) groups is 1. The fourth-order valence-corrected chi connectivity index (χ4v) is 2.72. The van der Waals surface area contributed by atoms with Crippen LogP contribution in [0.4, 0.5) is 0 Å². The van der Waals surface area contributed by atoms with Crippen molar-refractivity contribution in [3.8, 4) is 0 Å². The van der Waals surface area contributed by atoms with Crippen molar-refractivity contribution in [2.45, 2.75) is 64.5 Å². The van der Waals surface area contributed by atoms with Crippen LogP contribution in [0.2, 0.25) is 0 Å². The third kappa shape index (κ3) is 6.32. The van der Waals surface area contributed by atoms with Crippen LogP contribution in [0.15, 0.2) is 0 Å². The van der Waals surface area contributed by atoms with E-state index in [0.29, 0.717) is 6.10 Å². The Bertz CT molecular complexity index is 312. The van der Waals surface area contributed by atoms with Crippen LogP contribution in [0.1, 0.15) is 52.9 Å². The standard InChI is InChI=1S/C16H33N3O2/c1-4-9-18-16(3,15(17)20)8-11-19-10-6-7-14(13-19)21-12-5-2/h14,18H,4-13H2,1-3H3,(H2,17,20). The summed E-state index contributed by atoms with van der Waals surface area (Å²) in [5.74, 6) is -0.258. The average Bonchev–Trinajstić information content (AvgIpc) is 2.49. The highest BCUT2D eigenvalue weighted by Crippen LogP contribution is 2.17. The van der Waals surface area contributed by atoms with Crippen LogP contribution in [0.25, 0.3) is 0 Å². The summed E-state index contributed by atoms with van der Waals surface area (Å²) in [5, 5.41) is 3.30. The molecule has 0 spiro atoms. The van der Waals surface area contributed by atoms with E-state index >= 15 is 0 Å². The van der Waals surface area contributed by atoms with E-state index in [4.69, 9.17) is 10.5 Å². The van der Waals surface area contributed by atoms with Crippen molar-refractivity contribution in [3.63, 3.8) is 0 Å². The van der Waals surface area contributed by atoms with Gasteiger partial charge < -0.3 is 20.7 Å². The molecule has 1 rings (SSSR count). The van der Waals surface area contributed by atoms with Crippen LogP contribution in [-0.2, 0) is 9.53 Å². The second-order valence-electron chi connectivity index (χ2n) is 6.31. The zero-order chi connectivity index (χ0) is 15.7. The van der Waals surface area contributed by atoms with Gasteiger partial charge in [0.15, 0.2) is 0 Å². The smallest absolute Gasteiger partial charge is 0.237 e. The van der Waals surface area contributed by atoms with Crippen LogP contribution >= 0.6 is 0 Å². The second-order valence-corrected chi connectivity index (χ2v) is 6.31. The van der Waals surface area contributed by atoms with Gasteiger partial charge in [-0.25, -0.2) is 0 Å². The van der Waals surface area contributed by atoms with Gasteiger partial charge in [0, 0.05) is 19.7 Å². The number of hydrogen-bond donors (Lipinski definition) is 2. The number of hydrogen-bond acceptors (Lipinski definition) is 4. The van der Waals surface area contributed by atoms with Crippen molar-refractivity contribution in [1.82, 2.24) is 10.2 Å². The lowest BCUT2D eigenvalue weighted by atomic mass is 9.95. The van der Waals surface area contributed by atoms with Crippen LogP contribution in [0.5, 0.6) is 0 Å². The average molecular weight is 299 g/mol. The van der Waals surface area contributed by atoms with Crippen molar-refractivity contribution < 1.29 is 9.53 Å². The molecule has 2 atom stereocenters. The minimum absolute atomic E-state index is 0.258. The van der Waals surface area contributed by atoms with E-state index in [0.717, 1.165) is 58.5 Å². The van der Waals surface area contributed by atoms with Gasteiger partial charge in [0.25, 0.3) is 0 Å². The fraction of sp³-hybridized carbons (Fsp3) is 0.938. The highest BCUT2D eigenvalue weighted by atomic mass is 16.5. The van der Waals surface area contributed by atoms with Gasteiger partial charge in [0.1, 0.15) is 0 Å². The lowest BCUT2D eigenvalue weighted by molar-refractivity contribution is -0.124. The first-order chi connectivity index (χ1) is 10.0. The summed E-state index contributed by atoms with van der Waals surface area (Å²) in [5.41, 5.74) is 4.97. The molecule has 0 bridgehead atoms. The largest absolute Gasteiger partial charge is 0.377 e. The zero-order valence-electron chi connectivity index (χ0n) is 14.0. The van der Waals surface area contributed by atoms with Gasteiger partial charge in [-0.1, -0.05) is 13.8 Å².